The van der Waals surface area contributed by atoms with Crippen LogP contribution in [0.15, 0.2) is 4.40 Å². The van der Waals surface area contributed by atoms with E-state index in [1.165, 1.54) is 0 Å². The molecule has 112 valence electrons. The Hall–Kier alpha value is -0.260. The molecular weight excluding hydrogens is 262 g/mol. The van der Waals surface area contributed by atoms with Crippen LogP contribution in [0.25, 0.3) is 0 Å². The second-order valence-corrected chi connectivity index (χ2v) is 7.46. The Morgan fingerprint density at radius 3 is 2.26 bits per heavy atom. The average molecular weight is 289 g/mol. The summed E-state index contributed by atoms with van der Waals surface area (Å²) in [7, 11) is -1.23. The van der Waals surface area contributed by atoms with Crippen LogP contribution < -0.4 is 0 Å². The van der Waals surface area contributed by atoms with Gasteiger partial charge in [-0.15, -0.1) is 0 Å². The maximum atomic E-state index is 12.1. The van der Waals surface area contributed by atoms with Crippen molar-refractivity contribution in [1.29, 1.82) is 0 Å². The van der Waals surface area contributed by atoms with Crippen molar-refractivity contribution < 1.29 is 13.7 Å². The van der Waals surface area contributed by atoms with Gasteiger partial charge in [0.05, 0.1) is 23.7 Å². The van der Waals surface area contributed by atoms with E-state index in [0.717, 1.165) is 31.4 Å². The van der Waals surface area contributed by atoms with Crippen molar-refractivity contribution in [3.8, 4) is 0 Å². The number of nitrogens with zero attached hydrogens (tertiary/aromatic N) is 1. The Morgan fingerprint density at radius 1 is 1.16 bits per heavy atom. The quantitative estimate of drug-likeness (QED) is 0.744. The van der Waals surface area contributed by atoms with Crippen molar-refractivity contribution in [1.82, 2.24) is 0 Å². The Bertz CT molecular complexity index is 341. The maximum Gasteiger partial charge on any atom is 0.209 e. The molecule has 2 rings (SSSR count). The Balaban J connectivity index is 0.000000861. The van der Waals surface area contributed by atoms with Crippen LogP contribution in [0, 0.1) is 0 Å². The lowest BCUT2D eigenvalue weighted by Crippen LogP contribution is -2.43. The van der Waals surface area contributed by atoms with E-state index in [9.17, 15) is 4.21 Å². The molecule has 1 saturated carbocycles. The first kappa shape index (κ1) is 16.8. The number of hydrogen-bond acceptors (Lipinski definition) is 3. The van der Waals surface area contributed by atoms with Crippen molar-refractivity contribution >= 4 is 16.7 Å². The van der Waals surface area contributed by atoms with Crippen molar-refractivity contribution in [2.75, 3.05) is 13.2 Å². The molecule has 0 aromatic carbocycles. The van der Waals surface area contributed by atoms with Crippen molar-refractivity contribution in [2.45, 2.75) is 70.8 Å². The van der Waals surface area contributed by atoms with Crippen molar-refractivity contribution in [3.63, 3.8) is 0 Å². The van der Waals surface area contributed by atoms with Gasteiger partial charge < -0.3 is 9.47 Å². The van der Waals surface area contributed by atoms with E-state index < -0.39 is 16.8 Å². The van der Waals surface area contributed by atoms with Gasteiger partial charge in [0.25, 0.3) is 0 Å². The van der Waals surface area contributed by atoms with E-state index in [4.69, 9.17) is 9.47 Å². The SMILES string of the molecule is CC.CC(C)(C)S(=O)/N=C1\CCCCC12OCCO2. The molecule has 0 bridgehead atoms. The normalized spacial score (nSPS) is 26.1. The summed E-state index contributed by atoms with van der Waals surface area (Å²) >= 11 is 0. The Morgan fingerprint density at radius 2 is 1.74 bits per heavy atom. The van der Waals surface area contributed by atoms with Crippen LogP contribution in [-0.4, -0.2) is 33.7 Å². The van der Waals surface area contributed by atoms with E-state index in [0.29, 0.717) is 13.2 Å². The molecule has 1 aliphatic carbocycles. The molecule has 2 fully saturated rings. The molecule has 1 unspecified atom stereocenters. The highest BCUT2D eigenvalue weighted by Crippen LogP contribution is 2.34. The maximum absolute atomic E-state index is 12.1. The predicted molar refractivity (Wildman–Crippen MR) is 79.8 cm³/mol. The molecule has 4 nitrogen and oxygen atoms in total. The van der Waals surface area contributed by atoms with Gasteiger partial charge >= 0.3 is 0 Å². The van der Waals surface area contributed by atoms with Crippen LogP contribution in [0.1, 0.15) is 60.3 Å². The van der Waals surface area contributed by atoms with Gasteiger partial charge in [-0.3, -0.25) is 0 Å². The molecule has 1 heterocycles. The number of rotatable bonds is 1. The molecule has 5 heteroatoms. The summed E-state index contributed by atoms with van der Waals surface area (Å²) in [5.74, 6) is -0.654. The smallest absolute Gasteiger partial charge is 0.209 e. The van der Waals surface area contributed by atoms with Gasteiger partial charge in [-0.25, -0.2) is 4.21 Å². The molecule has 0 N–H and O–H groups in total. The van der Waals surface area contributed by atoms with E-state index in [2.05, 4.69) is 4.40 Å². The topological polar surface area (TPSA) is 47.9 Å². The minimum atomic E-state index is -1.23. The lowest BCUT2D eigenvalue weighted by atomic mass is 9.92. The zero-order valence-electron chi connectivity index (χ0n) is 12.8. The molecule has 1 atom stereocenters. The number of ether oxygens (including phenoxy) is 2. The van der Waals surface area contributed by atoms with Crippen molar-refractivity contribution in [2.24, 2.45) is 4.40 Å². The van der Waals surface area contributed by atoms with Gasteiger partial charge in [0, 0.05) is 6.42 Å². The first-order chi connectivity index (χ1) is 8.94. The molecule has 2 aliphatic rings. The third-order valence-electron chi connectivity index (χ3n) is 3.08. The van der Waals surface area contributed by atoms with E-state index in [-0.39, 0.29) is 4.75 Å². The summed E-state index contributed by atoms with van der Waals surface area (Å²) < 4.78 is 27.6. The van der Waals surface area contributed by atoms with Crippen LogP contribution in [0.4, 0.5) is 0 Å². The van der Waals surface area contributed by atoms with Crippen LogP contribution in [0.2, 0.25) is 0 Å². The summed E-state index contributed by atoms with van der Waals surface area (Å²) in [5, 5.41) is 0. The monoisotopic (exact) mass is 289 g/mol. The Labute approximate surface area is 119 Å². The molecule has 1 saturated heterocycles. The lowest BCUT2D eigenvalue weighted by molar-refractivity contribution is -0.109. The van der Waals surface area contributed by atoms with Gasteiger partial charge in [0.2, 0.25) is 5.79 Å². The van der Waals surface area contributed by atoms with Gasteiger partial charge in [0.15, 0.2) is 0 Å². The second-order valence-electron chi connectivity index (χ2n) is 5.56. The van der Waals surface area contributed by atoms with Crippen LogP contribution in [0.3, 0.4) is 0 Å². The molecular formula is C14H27NO3S. The summed E-state index contributed by atoms with van der Waals surface area (Å²) in [6, 6.07) is 0. The van der Waals surface area contributed by atoms with Crippen LogP contribution in [-0.2, 0) is 20.5 Å². The summed E-state index contributed by atoms with van der Waals surface area (Å²) in [6.07, 6.45) is 3.84. The zero-order chi connectivity index (χ0) is 14.5. The number of hydrogen-bond donors (Lipinski definition) is 0. The average Bonchev–Trinajstić information content (AvgIpc) is 2.83. The molecule has 1 aliphatic heterocycles. The fourth-order valence-corrected chi connectivity index (χ4v) is 2.81. The minimum Gasteiger partial charge on any atom is -0.342 e. The fraction of sp³-hybridized carbons (Fsp3) is 0.929. The van der Waals surface area contributed by atoms with Crippen LogP contribution >= 0.6 is 0 Å². The van der Waals surface area contributed by atoms with E-state index in [1.807, 2.05) is 34.6 Å². The summed E-state index contributed by atoms with van der Waals surface area (Å²) in [4.78, 5) is 0. The summed E-state index contributed by atoms with van der Waals surface area (Å²) in [5.41, 5.74) is 0.842. The van der Waals surface area contributed by atoms with Gasteiger partial charge in [-0.05, 0) is 40.0 Å². The van der Waals surface area contributed by atoms with Gasteiger partial charge in [-0.1, -0.05) is 13.8 Å². The fourth-order valence-electron chi connectivity index (χ4n) is 2.10. The molecule has 0 radical (unpaired) electrons. The summed E-state index contributed by atoms with van der Waals surface area (Å²) in [6.45, 7) is 11.0. The third kappa shape index (κ3) is 4.10. The first-order valence-corrected chi connectivity index (χ1v) is 8.33. The second kappa shape index (κ2) is 6.95. The van der Waals surface area contributed by atoms with Gasteiger partial charge in [0.1, 0.15) is 11.0 Å². The standard InChI is InChI=1S/C12H21NO3S.C2H6/c1-11(2,3)17(14)13-10-6-4-5-7-12(10)15-8-9-16-12;1-2/h4-9H2,1-3H3;1-2H3/b13-10+;. The predicted octanol–water partition coefficient (Wildman–Crippen LogP) is 3.23. The highest BCUT2D eigenvalue weighted by Gasteiger charge is 2.44. The molecule has 0 aromatic rings. The van der Waals surface area contributed by atoms with E-state index in [1.54, 1.807) is 0 Å². The molecule has 0 aromatic heterocycles. The molecule has 0 amide bonds. The minimum absolute atomic E-state index is 0.329. The molecule has 1 spiro atoms. The molecule has 19 heavy (non-hydrogen) atoms. The lowest BCUT2D eigenvalue weighted by Gasteiger charge is -2.33. The zero-order valence-corrected chi connectivity index (χ0v) is 13.6. The largest absolute Gasteiger partial charge is 0.342 e. The van der Waals surface area contributed by atoms with Crippen LogP contribution in [0.5, 0.6) is 0 Å². The van der Waals surface area contributed by atoms with Crippen molar-refractivity contribution in [3.05, 3.63) is 0 Å². The first-order valence-electron chi connectivity index (χ1n) is 7.22. The highest BCUT2D eigenvalue weighted by atomic mass is 32.2. The van der Waals surface area contributed by atoms with Gasteiger partial charge in [-0.2, -0.15) is 4.40 Å². The van der Waals surface area contributed by atoms with E-state index >= 15 is 0 Å². The third-order valence-corrected chi connectivity index (χ3v) is 4.51. The Kier molecular flexibility index (Phi) is 6.15. The highest BCUT2D eigenvalue weighted by molar-refractivity contribution is 7.85.